The van der Waals surface area contributed by atoms with Gasteiger partial charge in [0.2, 0.25) is 0 Å². The van der Waals surface area contributed by atoms with Crippen LogP contribution in [0.3, 0.4) is 0 Å². The summed E-state index contributed by atoms with van der Waals surface area (Å²) in [6, 6.07) is 0. The zero-order valence-corrected chi connectivity index (χ0v) is 10.4. The number of hydrogen-bond acceptors (Lipinski definition) is 3. The molecule has 0 amide bonds. The molecule has 1 unspecified atom stereocenters. The van der Waals surface area contributed by atoms with E-state index in [4.69, 9.17) is 10.5 Å². The van der Waals surface area contributed by atoms with Crippen LogP contribution in [-0.4, -0.2) is 31.8 Å². The van der Waals surface area contributed by atoms with Crippen LogP contribution in [0.4, 0.5) is 0 Å². The van der Waals surface area contributed by atoms with Crippen molar-refractivity contribution < 1.29 is 4.74 Å². The average Bonchev–Trinajstić information content (AvgIpc) is 2.22. The van der Waals surface area contributed by atoms with Gasteiger partial charge in [0.05, 0.1) is 6.61 Å². The molecule has 0 heterocycles. The fourth-order valence-electron chi connectivity index (χ4n) is 1.26. The van der Waals surface area contributed by atoms with Crippen LogP contribution in [0.1, 0.15) is 32.6 Å². The Hall–Kier alpha value is 0.270. The molecule has 0 aliphatic heterocycles. The highest BCUT2D eigenvalue weighted by Gasteiger charge is 2.05. The summed E-state index contributed by atoms with van der Waals surface area (Å²) in [5.41, 5.74) is 5.67. The highest BCUT2D eigenvalue weighted by Crippen LogP contribution is 2.07. The number of ether oxygens (including phenoxy) is 1. The van der Waals surface area contributed by atoms with Crippen LogP contribution in [0.15, 0.2) is 0 Å². The van der Waals surface area contributed by atoms with Gasteiger partial charge < -0.3 is 10.5 Å². The van der Waals surface area contributed by atoms with Crippen LogP contribution in [0, 0.1) is 5.92 Å². The second kappa shape index (κ2) is 11.3. The molecule has 0 fully saturated rings. The average molecular weight is 219 g/mol. The van der Waals surface area contributed by atoms with E-state index < -0.39 is 0 Å². The Balaban J connectivity index is 3.24. The van der Waals surface area contributed by atoms with Gasteiger partial charge in [-0.2, -0.15) is 11.8 Å². The smallest absolute Gasteiger partial charge is 0.0506 e. The van der Waals surface area contributed by atoms with Gasteiger partial charge in [0.25, 0.3) is 0 Å². The van der Waals surface area contributed by atoms with Crippen LogP contribution in [-0.2, 0) is 4.74 Å². The first kappa shape index (κ1) is 14.3. The predicted octanol–water partition coefficient (Wildman–Crippen LogP) is 2.52. The lowest BCUT2D eigenvalue weighted by molar-refractivity contribution is 0.0976. The van der Waals surface area contributed by atoms with E-state index in [0.717, 1.165) is 19.8 Å². The summed E-state index contributed by atoms with van der Waals surface area (Å²) in [4.78, 5) is 0. The van der Waals surface area contributed by atoms with E-state index in [0.29, 0.717) is 5.92 Å². The van der Waals surface area contributed by atoms with Crippen LogP contribution < -0.4 is 5.73 Å². The normalized spacial score (nSPS) is 13.1. The Morgan fingerprint density at radius 1 is 1.36 bits per heavy atom. The van der Waals surface area contributed by atoms with Crippen molar-refractivity contribution in [3.8, 4) is 0 Å². The molecular formula is C11H25NOS. The Bertz CT molecular complexity index is 111. The summed E-state index contributed by atoms with van der Waals surface area (Å²) in [6.07, 6.45) is 7.05. The molecule has 0 spiro atoms. The van der Waals surface area contributed by atoms with Crippen LogP contribution in [0.5, 0.6) is 0 Å². The van der Waals surface area contributed by atoms with Crippen molar-refractivity contribution in [2.45, 2.75) is 32.6 Å². The molecule has 0 aromatic rings. The van der Waals surface area contributed by atoms with E-state index in [2.05, 4.69) is 13.2 Å². The molecule has 2 nitrogen and oxygen atoms in total. The number of rotatable bonds is 10. The van der Waals surface area contributed by atoms with Gasteiger partial charge in [-0.25, -0.2) is 0 Å². The maximum Gasteiger partial charge on any atom is 0.0506 e. The maximum absolute atomic E-state index is 5.67. The number of hydrogen-bond donors (Lipinski definition) is 1. The molecule has 0 aliphatic carbocycles. The standard InChI is InChI=1S/C11H25NOS/c1-3-4-5-7-13-10-11(9-12)6-8-14-2/h11H,3-10,12H2,1-2H3. The molecule has 0 saturated carbocycles. The monoisotopic (exact) mass is 219 g/mol. The van der Waals surface area contributed by atoms with Gasteiger partial charge in [-0.1, -0.05) is 19.8 Å². The largest absolute Gasteiger partial charge is 0.381 e. The van der Waals surface area contributed by atoms with Crippen LogP contribution in [0.2, 0.25) is 0 Å². The third-order valence-corrected chi connectivity index (χ3v) is 2.95. The minimum Gasteiger partial charge on any atom is -0.381 e. The molecule has 0 aliphatic rings. The Labute approximate surface area is 93.0 Å². The molecule has 0 saturated heterocycles. The van der Waals surface area contributed by atoms with Gasteiger partial charge in [0, 0.05) is 6.61 Å². The van der Waals surface area contributed by atoms with E-state index >= 15 is 0 Å². The highest BCUT2D eigenvalue weighted by molar-refractivity contribution is 7.98. The topological polar surface area (TPSA) is 35.2 Å². The first-order valence-corrected chi connectivity index (χ1v) is 7.01. The molecule has 0 aromatic carbocycles. The van der Waals surface area contributed by atoms with Crippen molar-refractivity contribution in [2.24, 2.45) is 11.7 Å². The van der Waals surface area contributed by atoms with Gasteiger partial charge in [-0.05, 0) is 37.3 Å². The lowest BCUT2D eigenvalue weighted by atomic mass is 10.1. The van der Waals surface area contributed by atoms with E-state index in [1.807, 2.05) is 11.8 Å². The lowest BCUT2D eigenvalue weighted by Gasteiger charge is -2.14. The van der Waals surface area contributed by atoms with Crippen molar-refractivity contribution >= 4 is 11.8 Å². The quantitative estimate of drug-likeness (QED) is 0.573. The molecule has 0 aromatic heterocycles. The van der Waals surface area contributed by atoms with Gasteiger partial charge in [-0.15, -0.1) is 0 Å². The second-order valence-corrected chi connectivity index (χ2v) is 4.65. The minimum absolute atomic E-state index is 0.559. The third kappa shape index (κ3) is 8.85. The lowest BCUT2D eigenvalue weighted by Crippen LogP contribution is -2.21. The SMILES string of the molecule is CCCCCOCC(CN)CCSC. The van der Waals surface area contributed by atoms with Crippen molar-refractivity contribution in [3.05, 3.63) is 0 Å². The first-order valence-electron chi connectivity index (χ1n) is 5.61. The molecule has 3 heteroatoms. The zero-order valence-electron chi connectivity index (χ0n) is 9.63. The fourth-order valence-corrected chi connectivity index (χ4v) is 1.83. The Kier molecular flexibility index (Phi) is 11.6. The minimum atomic E-state index is 0.559. The zero-order chi connectivity index (χ0) is 10.6. The molecule has 14 heavy (non-hydrogen) atoms. The summed E-state index contributed by atoms with van der Waals surface area (Å²) < 4.78 is 5.60. The van der Waals surface area contributed by atoms with E-state index in [1.54, 1.807) is 0 Å². The summed E-state index contributed by atoms with van der Waals surface area (Å²) in [5.74, 6) is 1.75. The molecule has 0 rings (SSSR count). The van der Waals surface area contributed by atoms with Crippen LogP contribution >= 0.6 is 11.8 Å². The summed E-state index contributed by atoms with van der Waals surface area (Å²) in [7, 11) is 0. The molecular weight excluding hydrogens is 194 g/mol. The van der Waals surface area contributed by atoms with Gasteiger partial charge in [-0.3, -0.25) is 0 Å². The van der Waals surface area contributed by atoms with Crippen LogP contribution in [0.25, 0.3) is 0 Å². The molecule has 1 atom stereocenters. The van der Waals surface area contributed by atoms with Gasteiger partial charge >= 0.3 is 0 Å². The number of thioether (sulfide) groups is 1. The second-order valence-electron chi connectivity index (χ2n) is 3.67. The fraction of sp³-hybridized carbons (Fsp3) is 1.00. The Morgan fingerprint density at radius 2 is 2.14 bits per heavy atom. The molecule has 0 radical (unpaired) electrons. The van der Waals surface area contributed by atoms with Crippen molar-refractivity contribution in [3.63, 3.8) is 0 Å². The first-order chi connectivity index (χ1) is 6.85. The van der Waals surface area contributed by atoms with Crippen molar-refractivity contribution in [1.29, 1.82) is 0 Å². The maximum atomic E-state index is 5.67. The van der Waals surface area contributed by atoms with Gasteiger partial charge in [0.15, 0.2) is 0 Å². The summed E-state index contributed by atoms with van der Waals surface area (Å²) in [6.45, 7) is 4.72. The number of nitrogens with two attached hydrogens (primary N) is 1. The van der Waals surface area contributed by atoms with Crippen molar-refractivity contribution in [2.75, 3.05) is 31.8 Å². The van der Waals surface area contributed by atoms with E-state index in [9.17, 15) is 0 Å². The molecule has 0 bridgehead atoms. The highest BCUT2D eigenvalue weighted by atomic mass is 32.2. The summed E-state index contributed by atoms with van der Waals surface area (Å²) in [5, 5.41) is 0. The molecule has 2 N–H and O–H groups in total. The molecule has 86 valence electrons. The Morgan fingerprint density at radius 3 is 2.71 bits per heavy atom. The van der Waals surface area contributed by atoms with Gasteiger partial charge in [0.1, 0.15) is 0 Å². The van der Waals surface area contributed by atoms with Crippen molar-refractivity contribution in [1.82, 2.24) is 0 Å². The van der Waals surface area contributed by atoms with E-state index in [-0.39, 0.29) is 0 Å². The van der Waals surface area contributed by atoms with E-state index in [1.165, 1.54) is 31.4 Å². The summed E-state index contributed by atoms with van der Waals surface area (Å²) >= 11 is 1.88. The number of unbranched alkanes of at least 4 members (excludes halogenated alkanes) is 2. The third-order valence-electron chi connectivity index (χ3n) is 2.31. The predicted molar refractivity (Wildman–Crippen MR) is 65.9 cm³/mol.